The number of ether oxygens (including phenoxy) is 1. The van der Waals surface area contributed by atoms with Crippen molar-refractivity contribution in [3.8, 4) is 5.75 Å². The maximum absolute atomic E-state index is 13.1. The first-order chi connectivity index (χ1) is 13.4. The zero-order valence-corrected chi connectivity index (χ0v) is 15.7. The molecule has 3 rings (SSSR count). The summed E-state index contributed by atoms with van der Waals surface area (Å²) in [5, 5.41) is 13.8. The van der Waals surface area contributed by atoms with Crippen LogP contribution in [0.4, 0.5) is 23.1 Å². The number of hydrogen-bond acceptors (Lipinski definition) is 5. The number of nitrogens with one attached hydrogen (secondary N) is 1. The molecule has 0 unspecified atom stereocenters. The van der Waals surface area contributed by atoms with Crippen molar-refractivity contribution in [1.82, 2.24) is 9.88 Å². The van der Waals surface area contributed by atoms with Crippen molar-refractivity contribution in [2.75, 3.05) is 25.0 Å². The smallest absolute Gasteiger partial charge is 0.419 e. The fourth-order valence-electron chi connectivity index (χ4n) is 2.90. The van der Waals surface area contributed by atoms with E-state index in [0.29, 0.717) is 30.9 Å². The highest BCUT2D eigenvalue weighted by atomic mass is 32.1. The van der Waals surface area contributed by atoms with Crippen LogP contribution in [0.25, 0.3) is 0 Å². The lowest BCUT2D eigenvalue weighted by molar-refractivity contribution is -0.139. The van der Waals surface area contributed by atoms with Gasteiger partial charge in [-0.2, -0.15) is 13.2 Å². The molecule has 152 valence electrons. The van der Waals surface area contributed by atoms with Crippen molar-refractivity contribution in [2.24, 2.45) is 0 Å². The van der Waals surface area contributed by atoms with E-state index >= 15 is 0 Å². The predicted molar refractivity (Wildman–Crippen MR) is 98.6 cm³/mol. The standard InChI is InChI=1S/C18H20F3N3O3S/c19-18(20,21)14-5-1-2-6-15(14)27-13-7-8-24(10-13)17(26)23-16-22-12(11-28-16)4-3-9-25/h1-2,5-6,11,13,25H,3-4,7-10H2,(H,22,23,26)/t13-/m0/s1. The van der Waals surface area contributed by atoms with Gasteiger partial charge in [-0.3, -0.25) is 5.32 Å². The summed E-state index contributed by atoms with van der Waals surface area (Å²) in [4.78, 5) is 18.1. The SMILES string of the molecule is O=C(Nc1nc(CCCO)cs1)N1CC[C@H](Oc2ccccc2C(F)(F)F)C1. The minimum absolute atomic E-state index is 0.0753. The lowest BCUT2D eigenvalue weighted by Crippen LogP contribution is -2.34. The molecule has 1 aliphatic rings. The molecule has 1 saturated heterocycles. The number of urea groups is 1. The molecule has 1 aliphatic heterocycles. The van der Waals surface area contributed by atoms with Crippen molar-refractivity contribution >= 4 is 22.5 Å². The number of hydrogen-bond donors (Lipinski definition) is 2. The van der Waals surface area contributed by atoms with E-state index in [4.69, 9.17) is 9.84 Å². The third-order valence-corrected chi connectivity index (χ3v) is 5.08. The summed E-state index contributed by atoms with van der Waals surface area (Å²) in [6, 6.07) is 4.70. The summed E-state index contributed by atoms with van der Waals surface area (Å²) in [6.45, 7) is 0.653. The molecule has 0 bridgehead atoms. The number of alkyl halides is 3. The largest absolute Gasteiger partial charge is 0.488 e. The molecule has 1 aromatic heterocycles. The van der Waals surface area contributed by atoms with E-state index in [0.717, 1.165) is 11.8 Å². The lowest BCUT2D eigenvalue weighted by Gasteiger charge is -2.19. The van der Waals surface area contributed by atoms with Gasteiger partial charge in [-0.1, -0.05) is 12.1 Å². The maximum Gasteiger partial charge on any atom is 0.419 e. The minimum atomic E-state index is -4.50. The van der Waals surface area contributed by atoms with Gasteiger partial charge in [-0.15, -0.1) is 11.3 Å². The summed E-state index contributed by atoms with van der Waals surface area (Å²) in [7, 11) is 0. The van der Waals surface area contributed by atoms with Gasteiger partial charge in [0.05, 0.1) is 17.8 Å². The highest BCUT2D eigenvalue weighted by molar-refractivity contribution is 7.13. The van der Waals surface area contributed by atoms with Gasteiger partial charge in [-0.05, 0) is 25.0 Å². The van der Waals surface area contributed by atoms with Gasteiger partial charge in [0.25, 0.3) is 0 Å². The monoisotopic (exact) mass is 415 g/mol. The van der Waals surface area contributed by atoms with Crippen LogP contribution >= 0.6 is 11.3 Å². The number of benzene rings is 1. The first-order valence-electron chi connectivity index (χ1n) is 8.81. The fraction of sp³-hybridized carbons (Fsp3) is 0.444. The Morgan fingerprint density at radius 2 is 2.18 bits per heavy atom. The molecule has 2 amide bonds. The van der Waals surface area contributed by atoms with Gasteiger partial charge >= 0.3 is 12.2 Å². The Hall–Kier alpha value is -2.33. The molecule has 0 radical (unpaired) electrons. The van der Waals surface area contributed by atoms with Crippen LogP contribution in [0, 0.1) is 0 Å². The zero-order chi connectivity index (χ0) is 20.1. The Bertz CT molecular complexity index is 813. The van der Waals surface area contributed by atoms with Crippen molar-refractivity contribution < 1.29 is 27.8 Å². The van der Waals surface area contributed by atoms with E-state index in [1.54, 1.807) is 0 Å². The summed E-state index contributed by atoms with van der Waals surface area (Å²) in [6.07, 6.45) is -3.34. The fourth-order valence-corrected chi connectivity index (χ4v) is 3.64. The van der Waals surface area contributed by atoms with Gasteiger partial charge in [0.15, 0.2) is 5.13 Å². The number of carbonyl (C=O) groups excluding carboxylic acids is 1. The number of anilines is 1. The summed E-state index contributed by atoms with van der Waals surface area (Å²) in [5.41, 5.74) is -0.0307. The predicted octanol–water partition coefficient (Wildman–Crippen LogP) is 3.77. The molecule has 2 heterocycles. The second-order valence-electron chi connectivity index (χ2n) is 6.37. The third kappa shape index (κ3) is 5.14. The average Bonchev–Trinajstić information content (AvgIpc) is 3.29. The normalized spacial score (nSPS) is 17.0. The van der Waals surface area contributed by atoms with Gasteiger partial charge in [0.2, 0.25) is 0 Å². The van der Waals surface area contributed by atoms with Crippen LogP contribution < -0.4 is 10.1 Å². The molecule has 1 fully saturated rings. The highest BCUT2D eigenvalue weighted by Gasteiger charge is 2.36. The number of thiazole rings is 1. The molecule has 28 heavy (non-hydrogen) atoms. The lowest BCUT2D eigenvalue weighted by atomic mass is 10.2. The molecule has 0 saturated carbocycles. The van der Waals surface area contributed by atoms with Crippen molar-refractivity contribution in [3.05, 3.63) is 40.9 Å². The quantitative estimate of drug-likeness (QED) is 0.753. The Kier molecular flexibility index (Phi) is 6.40. The van der Waals surface area contributed by atoms with Crippen LogP contribution in [0.2, 0.25) is 0 Å². The second kappa shape index (κ2) is 8.78. The van der Waals surface area contributed by atoms with Gasteiger partial charge < -0.3 is 14.7 Å². The van der Waals surface area contributed by atoms with E-state index in [9.17, 15) is 18.0 Å². The van der Waals surface area contributed by atoms with Gasteiger partial charge in [-0.25, -0.2) is 9.78 Å². The number of rotatable bonds is 6. The van der Waals surface area contributed by atoms with Gasteiger partial charge in [0.1, 0.15) is 11.9 Å². The number of aliphatic hydroxyl groups is 1. The summed E-state index contributed by atoms with van der Waals surface area (Å²) >= 11 is 1.29. The molecule has 2 aromatic rings. The molecule has 0 spiro atoms. The third-order valence-electron chi connectivity index (χ3n) is 4.27. The summed E-state index contributed by atoms with van der Waals surface area (Å²) in [5.74, 6) is -0.226. The number of amides is 2. The second-order valence-corrected chi connectivity index (χ2v) is 7.23. The van der Waals surface area contributed by atoms with Gasteiger partial charge in [0, 0.05) is 25.0 Å². The van der Waals surface area contributed by atoms with E-state index in [1.807, 2.05) is 5.38 Å². The maximum atomic E-state index is 13.1. The number of likely N-dealkylation sites (tertiary alicyclic amines) is 1. The Labute approximate surface area is 164 Å². The molecular weight excluding hydrogens is 395 g/mol. The van der Waals surface area contributed by atoms with Crippen LogP contribution in [-0.2, 0) is 12.6 Å². The van der Waals surface area contributed by atoms with Crippen molar-refractivity contribution in [2.45, 2.75) is 31.5 Å². The number of nitrogens with zero attached hydrogens (tertiary/aromatic N) is 2. The Morgan fingerprint density at radius 1 is 1.39 bits per heavy atom. The number of halogens is 3. The number of aromatic nitrogens is 1. The van der Waals surface area contributed by atoms with Crippen LogP contribution in [-0.4, -0.2) is 46.8 Å². The van der Waals surface area contributed by atoms with Crippen LogP contribution in [0.15, 0.2) is 29.6 Å². The number of carbonyl (C=O) groups is 1. The van der Waals surface area contributed by atoms with Crippen molar-refractivity contribution in [1.29, 1.82) is 0 Å². The Morgan fingerprint density at radius 3 is 2.93 bits per heavy atom. The molecule has 0 aliphatic carbocycles. The van der Waals surface area contributed by atoms with E-state index < -0.39 is 17.8 Å². The molecule has 6 nitrogen and oxygen atoms in total. The minimum Gasteiger partial charge on any atom is -0.488 e. The van der Waals surface area contributed by atoms with E-state index in [1.165, 1.54) is 34.4 Å². The first kappa shape index (κ1) is 20.4. The first-order valence-corrected chi connectivity index (χ1v) is 9.69. The van der Waals surface area contributed by atoms with Crippen LogP contribution in [0.1, 0.15) is 24.1 Å². The molecule has 2 N–H and O–H groups in total. The Balaban J connectivity index is 1.55. The van der Waals surface area contributed by atoms with Crippen LogP contribution in [0.5, 0.6) is 5.75 Å². The topological polar surface area (TPSA) is 74.7 Å². The average molecular weight is 415 g/mol. The molecule has 10 heteroatoms. The molecule has 1 atom stereocenters. The molecular formula is C18H20F3N3O3S. The zero-order valence-electron chi connectivity index (χ0n) is 14.9. The summed E-state index contributed by atoms with van der Waals surface area (Å²) < 4.78 is 44.8. The highest BCUT2D eigenvalue weighted by Crippen LogP contribution is 2.36. The van der Waals surface area contributed by atoms with E-state index in [2.05, 4.69) is 10.3 Å². The van der Waals surface area contributed by atoms with E-state index in [-0.39, 0.29) is 24.9 Å². The van der Waals surface area contributed by atoms with Crippen molar-refractivity contribution in [3.63, 3.8) is 0 Å². The number of aliphatic hydroxyl groups excluding tert-OH is 1. The number of para-hydroxylation sites is 1. The number of aryl methyl sites for hydroxylation is 1. The van der Waals surface area contributed by atoms with Crippen LogP contribution in [0.3, 0.4) is 0 Å². The molecule has 1 aromatic carbocycles.